The Balaban J connectivity index is 1.47. The van der Waals surface area contributed by atoms with Crippen LogP contribution in [0.25, 0.3) is 0 Å². The SMILES string of the molecule is Cc1ccc(S(=O)(=O)CCC(=O)N2CCC(Oc3ccccc3)CC2)cc1. The van der Waals surface area contributed by atoms with Gasteiger partial charge in [-0.25, -0.2) is 8.42 Å². The second-order valence-corrected chi connectivity index (χ2v) is 9.00. The molecule has 1 fully saturated rings. The van der Waals surface area contributed by atoms with Crippen molar-refractivity contribution in [3.63, 3.8) is 0 Å². The number of aryl methyl sites for hydroxylation is 1. The summed E-state index contributed by atoms with van der Waals surface area (Å²) in [6.45, 7) is 3.10. The highest BCUT2D eigenvalue weighted by Gasteiger charge is 2.25. The van der Waals surface area contributed by atoms with E-state index in [0.29, 0.717) is 13.1 Å². The van der Waals surface area contributed by atoms with Crippen LogP contribution in [0.15, 0.2) is 59.5 Å². The predicted molar refractivity (Wildman–Crippen MR) is 105 cm³/mol. The zero-order valence-corrected chi connectivity index (χ0v) is 16.3. The lowest BCUT2D eigenvalue weighted by molar-refractivity contribution is -0.132. The number of hydrogen-bond donors (Lipinski definition) is 0. The van der Waals surface area contributed by atoms with E-state index in [1.54, 1.807) is 29.2 Å². The first-order chi connectivity index (χ1) is 12.9. The van der Waals surface area contributed by atoms with Gasteiger partial charge in [-0.05, 0) is 31.2 Å². The Morgan fingerprint density at radius 3 is 2.30 bits per heavy atom. The summed E-state index contributed by atoms with van der Waals surface area (Å²) in [4.78, 5) is 14.4. The molecule has 27 heavy (non-hydrogen) atoms. The molecule has 0 saturated carbocycles. The molecule has 2 aromatic carbocycles. The third-order valence-corrected chi connectivity index (χ3v) is 6.54. The monoisotopic (exact) mass is 387 g/mol. The Morgan fingerprint density at radius 2 is 1.67 bits per heavy atom. The minimum Gasteiger partial charge on any atom is -0.490 e. The molecule has 6 heteroatoms. The maximum atomic E-state index is 12.4. The molecule has 1 amide bonds. The van der Waals surface area contributed by atoms with Crippen LogP contribution >= 0.6 is 0 Å². The topological polar surface area (TPSA) is 63.7 Å². The molecule has 0 radical (unpaired) electrons. The number of rotatable bonds is 6. The zero-order chi connectivity index (χ0) is 19.3. The number of carbonyl (C=O) groups excluding carboxylic acids is 1. The van der Waals surface area contributed by atoms with Gasteiger partial charge in [0, 0.05) is 32.4 Å². The standard InChI is InChI=1S/C21H25NO4S/c1-17-7-9-20(10-8-17)27(24,25)16-13-21(23)22-14-11-19(12-15-22)26-18-5-3-2-4-6-18/h2-10,19H,11-16H2,1H3. The molecule has 0 aromatic heterocycles. The van der Waals surface area contributed by atoms with Crippen LogP contribution in [0.5, 0.6) is 5.75 Å². The van der Waals surface area contributed by atoms with Crippen LogP contribution in [0.4, 0.5) is 0 Å². The molecule has 3 rings (SSSR count). The number of benzene rings is 2. The summed E-state index contributed by atoms with van der Waals surface area (Å²) in [5.41, 5.74) is 1.01. The summed E-state index contributed by atoms with van der Waals surface area (Å²) >= 11 is 0. The fourth-order valence-corrected chi connectivity index (χ4v) is 4.39. The van der Waals surface area contributed by atoms with Crippen molar-refractivity contribution < 1.29 is 17.9 Å². The van der Waals surface area contributed by atoms with E-state index in [0.717, 1.165) is 24.2 Å². The second kappa shape index (κ2) is 8.57. The molecule has 1 aliphatic rings. The predicted octanol–water partition coefficient (Wildman–Crippen LogP) is 3.23. The van der Waals surface area contributed by atoms with E-state index in [2.05, 4.69) is 0 Å². The molecule has 144 valence electrons. The molecule has 0 bridgehead atoms. The number of piperidine rings is 1. The normalized spacial score (nSPS) is 15.5. The molecule has 0 aliphatic carbocycles. The van der Waals surface area contributed by atoms with Crippen molar-refractivity contribution in [1.29, 1.82) is 0 Å². The summed E-state index contributed by atoms with van der Waals surface area (Å²) < 4.78 is 30.7. The Kier molecular flexibility index (Phi) is 6.16. The summed E-state index contributed by atoms with van der Waals surface area (Å²) in [5, 5.41) is 0. The number of amides is 1. The summed E-state index contributed by atoms with van der Waals surface area (Å²) in [6.07, 6.45) is 1.62. The average Bonchev–Trinajstić information content (AvgIpc) is 2.68. The van der Waals surface area contributed by atoms with Gasteiger partial charge < -0.3 is 9.64 Å². The van der Waals surface area contributed by atoms with E-state index in [-0.39, 0.29) is 29.1 Å². The van der Waals surface area contributed by atoms with Crippen LogP contribution in [0.2, 0.25) is 0 Å². The molecule has 0 N–H and O–H groups in total. The molecule has 1 heterocycles. The van der Waals surface area contributed by atoms with Crippen LogP contribution in [-0.4, -0.2) is 44.2 Å². The maximum Gasteiger partial charge on any atom is 0.223 e. The third-order valence-electron chi connectivity index (χ3n) is 4.81. The number of para-hydroxylation sites is 1. The number of sulfone groups is 1. The lowest BCUT2D eigenvalue weighted by Gasteiger charge is -2.32. The van der Waals surface area contributed by atoms with Crippen LogP contribution in [0, 0.1) is 6.92 Å². The smallest absolute Gasteiger partial charge is 0.223 e. The molecule has 0 spiro atoms. The van der Waals surface area contributed by atoms with E-state index in [9.17, 15) is 13.2 Å². The molecule has 1 saturated heterocycles. The summed E-state index contributed by atoms with van der Waals surface area (Å²) in [5.74, 6) is 0.574. The summed E-state index contributed by atoms with van der Waals surface area (Å²) in [7, 11) is -3.43. The van der Waals surface area contributed by atoms with Crippen LogP contribution in [0.3, 0.4) is 0 Å². The van der Waals surface area contributed by atoms with Crippen molar-refractivity contribution in [2.45, 2.75) is 37.2 Å². The average molecular weight is 388 g/mol. The van der Waals surface area contributed by atoms with E-state index < -0.39 is 9.84 Å². The number of ether oxygens (including phenoxy) is 1. The number of hydrogen-bond acceptors (Lipinski definition) is 4. The Hall–Kier alpha value is -2.34. The Morgan fingerprint density at radius 1 is 1.04 bits per heavy atom. The molecule has 0 atom stereocenters. The van der Waals surface area contributed by atoms with Gasteiger partial charge in [-0.3, -0.25) is 4.79 Å². The third kappa shape index (κ3) is 5.32. The minimum absolute atomic E-state index is 0.0143. The largest absolute Gasteiger partial charge is 0.490 e. The van der Waals surface area contributed by atoms with Gasteiger partial charge in [-0.1, -0.05) is 35.9 Å². The van der Waals surface area contributed by atoms with Gasteiger partial charge in [-0.15, -0.1) is 0 Å². The highest BCUT2D eigenvalue weighted by molar-refractivity contribution is 7.91. The summed E-state index contributed by atoms with van der Waals surface area (Å²) in [6, 6.07) is 16.4. The van der Waals surface area contributed by atoms with Gasteiger partial charge in [0.05, 0.1) is 10.6 Å². The number of nitrogens with zero attached hydrogens (tertiary/aromatic N) is 1. The lowest BCUT2D eigenvalue weighted by atomic mass is 10.1. The zero-order valence-electron chi connectivity index (χ0n) is 15.5. The van der Waals surface area contributed by atoms with Crippen molar-refractivity contribution in [2.75, 3.05) is 18.8 Å². The van der Waals surface area contributed by atoms with Crippen molar-refractivity contribution in [2.24, 2.45) is 0 Å². The minimum atomic E-state index is -3.43. The van der Waals surface area contributed by atoms with Crippen LogP contribution in [0.1, 0.15) is 24.8 Å². The second-order valence-electron chi connectivity index (χ2n) is 6.89. The lowest BCUT2D eigenvalue weighted by Crippen LogP contribution is -2.42. The quantitative estimate of drug-likeness (QED) is 0.763. The van der Waals surface area contributed by atoms with Crippen LogP contribution in [-0.2, 0) is 14.6 Å². The van der Waals surface area contributed by atoms with Gasteiger partial charge >= 0.3 is 0 Å². The first kappa shape index (κ1) is 19.4. The fraction of sp³-hybridized carbons (Fsp3) is 0.381. The first-order valence-corrected chi connectivity index (χ1v) is 10.9. The van der Waals surface area contributed by atoms with Crippen molar-refractivity contribution >= 4 is 15.7 Å². The molecular formula is C21H25NO4S. The van der Waals surface area contributed by atoms with E-state index in [4.69, 9.17) is 4.74 Å². The molecule has 2 aromatic rings. The molecule has 1 aliphatic heterocycles. The molecule has 0 unspecified atom stereocenters. The maximum absolute atomic E-state index is 12.4. The molecule has 5 nitrogen and oxygen atoms in total. The highest BCUT2D eigenvalue weighted by atomic mass is 32.2. The van der Waals surface area contributed by atoms with Gasteiger partial charge in [-0.2, -0.15) is 0 Å². The van der Waals surface area contributed by atoms with Gasteiger partial charge in [0.2, 0.25) is 5.91 Å². The number of likely N-dealkylation sites (tertiary alicyclic amines) is 1. The van der Waals surface area contributed by atoms with Gasteiger partial charge in [0.1, 0.15) is 11.9 Å². The fourth-order valence-electron chi connectivity index (χ4n) is 3.16. The van der Waals surface area contributed by atoms with Crippen molar-refractivity contribution in [3.8, 4) is 5.75 Å². The Bertz CT molecular complexity index is 855. The van der Waals surface area contributed by atoms with Gasteiger partial charge in [0.25, 0.3) is 0 Å². The van der Waals surface area contributed by atoms with E-state index >= 15 is 0 Å². The van der Waals surface area contributed by atoms with Crippen LogP contribution < -0.4 is 4.74 Å². The van der Waals surface area contributed by atoms with Gasteiger partial charge in [0.15, 0.2) is 9.84 Å². The van der Waals surface area contributed by atoms with E-state index in [1.807, 2.05) is 37.3 Å². The van der Waals surface area contributed by atoms with Crippen molar-refractivity contribution in [1.82, 2.24) is 4.90 Å². The Labute approximate surface area is 160 Å². The van der Waals surface area contributed by atoms with E-state index in [1.165, 1.54) is 0 Å². The number of carbonyl (C=O) groups is 1. The highest BCUT2D eigenvalue weighted by Crippen LogP contribution is 2.20. The van der Waals surface area contributed by atoms with Crippen molar-refractivity contribution in [3.05, 3.63) is 60.2 Å². The molecular weight excluding hydrogens is 362 g/mol. The first-order valence-electron chi connectivity index (χ1n) is 9.23.